The molecule has 3 aromatic carbocycles. The van der Waals surface area contributed by atoms with Crippen LogP contribution in [-0.2, 0) is 0 Å². The van der Waals surface area contributed by atoms with Crippen LogP contribution >= 0.6 is 0 Å². The zero-order valence-corrected chi connectivity index (χ0v) is 17.3. The van der Waals surface area contributed by atoms with E-state index >= 15 is 0 Å². The molecule has 2 unspecified atom stereocenters. The number of amides is 1. The number of fused-ring (bicyclic) bond motifs is 1. The van der Waals surface area contributed by atoms with E-state index in [1.54, 1.807) is 6.07 Å². The summed E-state index contributed by atoms with van der Waals surface area (Å²) in [5, 5.41) is 2.97. The normalized spacial score (nSPS) is 17.0. The molecular formula is C25H25NO4. The molecule has 0 aliphatic carbocycles. The zero-order valence-electron chi connectivity index (χ0n) is 17.3. The van der Waals surface area contributed by atoms with Gasteiger partial charge in [-0.1, -0.05) is 31.2 Å². The molecule has 0 aromatic heterocycles. The van der Waals surface area contributed by atoms with E-state index in [-0.39, 0.29) is 17.9 Å². The molecule has 0 saturated carbocycles. The average molecular weight is 403 g/mol. The summed E-state index contributed by atoms with van der Waals surface area (Å²) >= 11 is 0. The van der Waals surface area contributed by atoms with Crippen molar-refractivity contribution in [2.75, 3.05) is 11.9 Å². The molecule has 4 rings (SSSR count). The first-order chi connectivity index (χ1) is 14.6. The number of hydrogen-bond donors (Lipinski definition) is 1. The molecule has 1 heterocycles. The van der Waals surface area contributed by atoms with Crippen LogP contribution in [0, 0.1) is 0 Å². The Morgan fingerprint density at radius 3 is 2.47 bits per heavy atom. The van der Waals surface area contributed by atoms with E-state index in [0.29, 0.717) is 35.1 Å². The Bertz CT molecular complexity index is 1050. The molecule has 2 atom stereocenters. The second kappa shape index (κ2) is 8.49. The van der Waals surface area contributed by atoms with E-state index in [4.69, 9.17) is 14.2 Å². The number of benzene rings is 3. The van der Waals surface area contributed by atoms with Gasteiger partial charge in [-0.3, -0.25) is 4.79 Å². The van der Waals surface area contributed by atoms with Crippen molar-refractivity contribution in [3.63, 3.8) is 0 Å². The highest BCUT2D eigenvalue weighted by Crippen LogP contribution is 2.40. The Labute approximate surface area is 176 Å². The van der Waals surface area contributed by atoms with E-state index in [9.17, 15) is 4.79 Å². The van der Waals surface area contributed by atoms with Gasteiger partial charge in [0.2, 0.25) is 0 Å². The predicted octanol–water partition coefficient (Wildman–Crippen LogP) is 6.01. The Morgan fingerprint density at radius 2 is 1.70 bits per heavy atom. The monoisotopic (exact) mass is 403 g/mol. The van der Waals surface area contributed by atoms with Crippen LogP contribution in [0.15, 0.2) is 66.7 Å². The fraction of sp³-hybridized carbons (Fsp3) is 0.240. The quantitative estimate of drug-likeness (QED) is 0.547. The van der Waals surface area contributed by atoms with Crippen molar-refractivity contribution in [2.24, 2.45) is 0 Å². The maximum absolute atomic E-state index is 13.0. The molecular weight excluding hydrogens is 378 g/mol. The number of ether oxygens (including phenoxy) is 3. The van der Waals surface area contributed by atoms with Gasteiger partial charge >= 0.3 is 0 Å². The van der Waals surface area contributed by atoms with Gasteiger partial charge in [0, 0.05) is 11.5 Å². The van der Waals surface area contributed by atoms with Gasteiger partial charge in [-0.05, 0) is 56.3 Å². The smallest absolute Gasteiger partial charge is 0.259 e. The van der Waals surface area contributed by atoms with Gasteiger partial charge in [0.25, 0.3) is 5.91 Å². The van der Waals surface area contributed by atoms with Gasteiger partial charge in [0.1, 0.15) is 23.4 Å². The molecule has 5 heteroatoms. The van der Waals surface area contributed by atoms with E-state index in [2.05, 4.69) is 12.2 Å². The van der Waals surface area contributed by atoms with Gasteiger partial charge in [0.15, 0.2) is 5.75 Å². The molecule has 1 N–H and O–H groups in total. The maximum Gasteiger partial charge on any atom is 0.259 e. The van der Waals surface area contributed by atoms with Crippen molar-refractivity contribution in [1.82, 2.24) is 0 Å². The third-order valence-corrected chi connectivity index (χ3v) is 5.29. The first-order valence-corrected chi connectivity index (χ1v) is 10.2. The van der Waals surface area contributed by atoms with Crippen molar-refractivity contribution in [2.45, 2.75) is 32.8 Å². The van der Waals surface area contributed by atoms with Crippen LogP contribution in [0.5, 0.6) is 23.0 Å². The first kappa shape index (κ1) is 19.8. The second-order valence-electron chi connectivity index (χ2n) is 7.29. The number of anilines is 1. The lowest BCUT2D eigenvalue weighted by atomic mass is 9.97. The van der Waals surface area contributed by atoms with Crippen molar-refractivity contribution >= 4 is 11.6 Å². The van der Waals surface area contributed by atoms with Gasteiger partial charge in [-0.15, -0.1) is 0 Å². The lowest BCUT2D eigenvalue weighted by Crippen LogP contribution is -2.14. The summed E-state index contributed by atoms with van der Waals surface area (Å²) in [6, 6.07) is 20.4. The standard InChI is InChI=1S/C25H25NO4/c1-4-28-18-12-14-19(15-13-18)30-23-11-6-5-10-22(23)26-25(27)21-9-7-8-20-16(2)17(3)29-24(20)21/h5-17H,4H2,1-3H3,(H,26,27). The van der Waals surface area contributed by atoms with Gasteiger partial charge in [-0.2, -0.15) is 0 Å². The molecule has 0 spiro atoms. The minimum Gasteiger partial charge on any atom is -0.494 e. The SMILES string of the molecule is CCOc1ccc(Oc2ccccc2NC(=O)c2cccc3c2OC(C)C3C)cc1. The summed E-state index contributed by atoms with van der Waals surface area (Å²) in [5.74, 6) is 2.70. The predicted molar refractivity (Wildman–Crippen MR) is 117 cm³/mol. The highest BCUT2D eigenvalue weighted by molar-refractivity contribution is 6.07. The fourth-order valence-corrected chi connectivity index (χ4v) is 3.51. The molecule has 0 bridgehead atoms. The van der Waals surface area contributed by atoms with E-state index < -0.39 is 0 Å². The highest BCUT2D eigenvalue weighted by atomic mass is 16.5. The van der Waals surface area contributed by atoms with Crippen molar-refractivity contribution < 1.29 is 19.0 Å². The van der Waals surface area contributed by atoms with Crippen molar-refractivity contribution in [3.8, 4) is 23.0 Å². The topological polar surface area (TPSA) is 56.8 Å². The summed E-state index contributed by atoms with van der Waals surface area (Å²) in [7, 11) is 0. The van der Waals surface area contributed by atoms with E-state index in [1.807, 2.05) is 74.5 Å². The fourth-order valence-electron chi connectivity index (χ4n) is 3.51. The minimum absolute atomic E-state index is 0.0456. The average Bonchev–Trinajstić information content (AvgIpc) is 3.05. The number of nitrogens with one attached hydrogen (secondary N) is 1. The van der Waals surface area contributed by atoms with Gasteiger partial charge < -0.3 is 19.5 Å². The second-order valence-corrected chi connectivity index (χ2v) is 7.29. The molecule has 154 valence electrons. The van der Waals surface area contributed by atoms with Crippen LogP contribution in [0.4, 0.5) is 5.69 Å². The number of rotatable bonds is 6. The Balaban J connectivity index is 1.55. The molecule has 5 nitrogen and oxygen atoms in total. The lowest BCUT2D eigenvalue weighted by Gasteiger charge is -2.14. The van der Waals surface area contributed by atoms with Gasteiger partial charge in [0.05, 0.1) is 17.9 Å². The van der Waals surface area contributed by atoms with Crippen molar-refractivity contribution in [3.05, 3.63) is 77.9 Å². The molecule has 1 aliphatic heterocycles. The Hall–Kier alpha value is -3.47. The molecule has 1 aliphatic rings. The summed E-state index contributed by atoms with van der Waals surface area (Å²) in [5.41, 5.74) is 2.18. The lowest BCUT2D eigenvalue weighted by molar-refractivity contribution is 0.102. The number of carbonyl (C=O) groups is 1. The van der Waals surface area contributed by atoms with Crippen LogP contribution in [-0.4, -0.2) is 18.6 Å². The van der Waals surface area contributed by atoms with Crippen LogP contribution < -0.4 is 19.5 Å². The summed E-state index contributed by atoms with van der Waals surface area (Å²) in [4.78, 5) is 13.0. The van der Waals surface area contributed by atoms with Gasteiger partial charge in [-0.25, -0.2) is 0 Å². The molecule has 1 amide bonds. The summed E-state index contributed by atoms with van der Waals surface area (Å²) in [6.07, 6.45) is 0.0456. The maximum atomic E-state index is 13.0. The molecule has 0 saturated heterocycles. The number of hydrogen-bond acceptors (Lipinski definition) is 4. The Morgan fingerprint density at radius 1 is 0.967 bits per heavy atom. The molecule has 0 radical (unpaired) electrons. The van der Waals surface area contributed by atoms with Crippen molar-refractivity contribution in [1.29, 1.82) is 0 Å². The third kappa shape index (κ3) is 3.96. The summed E-state index contributed by atoms with van der Waals surface area (Å²) in [6.45, 7) is 6.68. The molecule has 30 heavy (non-hydrogen) atoms. The van der Waals surface area contributed by atoms with Crippen LogP contribution in [0.25, 0.3) is 0 Å². The van der Waals surface area contributed by atoms with E-state index in [1.165, 1.54) is 0 Å². The first-order valence-electron chi connectivity index (χ1n) is 10.2. The number of para-hydroxylation sites is 3. The van der Waals surface area contributed by atoms with Crippen LogP contribution in [0.1, 0.15) is 42.6 Å². The van der Waals surface area contributed by atoms with Crippen LogP contribution in [0.2, 0.25) is 0 Å². The summed E-state index contributed by atoms with van der Waals surface area (Å²) < 4.78 is 17.4. The molecule has 3 aromatic rings. The third-order valence-electron chi connectivity index (χ3n) is 5.29. The van der Waals surface area contributed by atoms with Crippen LogP contribution in [0.3, 0.4) is 0 Å². The zero-order chi connectivity index (χ0) is 21.1. The number of carbonyl (C=O) groups excluding carboxylic acids is 1. The Kier molecular flexibility index (Phi) is 5.61. The van der Waals surface area contributed by atoms with E-state index in [0.717, 1.165) is 11.3 Å². The highest BCUT2D eigenvalue weighted by Gasteiger charge is 2.31. The largest absolute Gasteiger partial charge is 0.494 e. The molecule has 0 fully saturated rings. The minimum atomic E-state index is -0.226.